The Hall–Kier alpha value is -2.48. The van der Waals surface area contributed by atoms with Gasteiger partial charge in [0.25, 0.3) is 0 Å². The van der Waals surface area contributed by atoms with E-state index in [0.29, 0.717) is 0 Å². The second-order valence-corrected chi connectivity index (χ2v) is 11.1. The molecule has 0 aromatic heterocycles. The summed E-state index contributed by atoms with van der Waals surface area (Å²) in [6.07, 6.45) is 17.0. The molecule has 0 amide bonds. The largest absolute Gasteiger partial charge is 2.00 e. The number of hydrogen-bond donors (Lipinski definition) is 0. The zero-order chi connectivity index (χ0) is 28.6. The molecule has 5 aliphatic rings. The van der Waals surface area contributed by atoms with Gasteiger partial charge in [0, 0.05) is 0 Å². The van der Waals surface area contributed by atoms with Crippen LogP contribution in [0.5, 0.6) is 0 Å². The van der Waals surface area contributed by atoms with Crippen molar-refractivity contribution in [3.63, 3.8) is 0 Å². The van der Waals surface area contributed by atoms with Gasteiger partial charge in [-0.05, 0) is 73.7 Å². The van der Waals surface area contributed by atoms with E-state index in [1.165, 1.54) is 44.6 Å². The van der Waals surface area contributed by atoms with Gasteiger partial charge >= 0.3 is 20.4 Å². The van der Waals surface area contributed by atoms with E-state index in [1.807, 2.05) is 0 Å². The molecule has 0 aromatic rings. The molecule has 0 N–H and O–H groups in total. The van der Waals surface area contributed by atoms with Gasteiger partial charge in [0.1, 0.15) is 0 Å². The molecule has 5 heterocycles. The van der Waals surface area contributed by atoms with Gasteiger partial charge in [0.05, 0.1) is 22.8 Å². The van der Waals surface area contributed by atoms with E-state index in [4.69, 9.17) is 20.6 Å². The topological polar surface area (TPSA) is 52.9 Å². The molecule has 4 nitrogen and oxygen atoms in total. The maximum Gasteiger partial charge on any atom is 2.00 e. The monoisotopic (exact) mass is 640 g/mol. The Bertz CT molecular complexity index is 1310. The number of nitrogens with zero attached hydrogens (tertiary/aromatic N) is 4. The Morgan fingerprint density at radius 2 is 0.829 bits per heavy atom. The Balaban J connectivity index is 0.00000387. The van der Waals surface area contributed by atoms with Gasteiger partial charge in [-0.3, -0.25) is 0 Å². The minimum atomic E-state index is 0. The molecule has 0 spiro atoms. The van der Waals surface area contributed by atoms with Crippen molar-refractivity contribution in [2.45, 2.75) is 119 Å². The van der Waals surface area contributed by atoms with Crippen LogP contribution in [0.3, 0.4) is 0 Å². The third-order valence-electron chi connectivity index (χ3n) is 9.17. The van der Waals surface area contributed by atoms with Gasteiger partial charge in [0.15, 0.2) is 0 Å². The Kier molecular flexibility index (Phi) is 10.1. The molecule has 0 radical (unpaired) electrons. The Morgan fingerprint density at radius 1 is 0.488 bits per heavy atom. The molecule has 41 heavy (non-hydrogen) atoms. The standard InChI is InChI=1S/C36H46N4.Pd/c1-9-21-22(10-2)30-18-32-25(13-5)26(14-6)34(39-32)20-36-28(16-8)27(15-7)35(40-36)19-33-24(12-4)23(11-3)31(38-33)17-29(21)37-30;/h17-20,29,36H,9-16H2,1-8H3;/q-2;+2/b30-18-,31-17-,34-20-,35-19-;. The van der Waals surface area contributed by atoms with Crippen LogP contribution in [0.15, 0.2) is 102 Å². The minimum Gasteiger partial charge on any atom is -0.675 e. The average molecular weight is 641 g/mol. The SMILES string of the molecule is CCC1=C(CC)/C2=C/C3[N-]/C(=C\C4=NC(=C\C5[N-]/C(=C\C1=N2)C(CC)=C5CC)/C(CC)=C4CC)C(CC)=C3CC.[Pd+2]. The minimum absolute atomic E-state index is 0. The fourth-order valence-corrected chi connectivity index (χ4v) is 7.28. The summed E-state index contributed by atoms with van der Waals surface area (Å²) in [7, 11) is 0. The summed E-state index contributed by atoms with van der Waals surface area (Å²) in [5.41, 5.74) is 17.6. The summed E-state index contributed by atoms with van der Waals surface area (Å²) < 4.78 is 0. The molecule has 0 aromatic carbocycles. The van der Waals surface area contributed by atoms with Gasteiger partial charge < -0.3 is 10.6 Å². The van der Waals surface area contributed by atoms with Crippen LogP contribution in [0.2, 0.25) is 0 Å². The summed E-state index contributed by atoms with van der Waals surface area (Å²) in [5.74, 6) is 0. The van der Waals surface area contributed by atoms with Crippen LogP contribution in [0, 0.1) is 0 Å². The molecule has 5 aliphatic heterocycles. The van der Waals surface area contributed by atoms with E-state index in [0.717, 1.165) is 85.6 Å². The van der Waals surface area contributed by atoms with Crippen LogP contribution in [0.4, 0.5) is 0 Å². The molecule has 5 rings (SSSR count). The van der Waals surface area contributed by atoms with Crippen molar-refractivity contribution >= 4 is 11.4 Å². The van der Waals surface area contributed by atoms with Gasteiger partial charge in [-0.2, -0.15) is 0 Å². The molecule has 2 atom stereocenters. The van der Waals surface area contributed by atoms with Crippen molar-refractivity contribution in [1.29, 1.82) is 0 Å². The molecular weight excluding hydrogens is 595 g/mol. The summed E-state index contributed by atoms with van der Waals surface area (Å²) in [6, 6.07) is 0.0548. The van der Waals surface area contributed by atoms with Crippen molar-refractivity contribution in [3.05, 3.63) is 102 Å². The fourth-order valence-electron chi connectivity index (χ4n) is 7.28. The number of aliphatic imine (C=N–C) groups is 2. The Labute approximate surface area is 262 Å². The van der Waals surface area contributed by atoms with Crippen LogP contribution in [0.25, 0.3) is 10.6 Å². The summed E-state index contributed by atoms with van der Waals surface area (Å²) in [5, 5.41) is 10.7. The quantitative estimate of drug-likeness (QED) is 0.237. The summed E-state index contributed by atoms with van der Waals surface area (Å²) in [6.45, 7) is 18.1. The van der Waals surface area contributed by atoms with Crippen LogP contribution in [-0.4, -0.2) is 23.5 Å². The zero-order valence-electron chi connectivity index (χ0n) is 26.2. The summed E-state index contributed by atoms with van der Waals surface area (Å²) >= 11 is 0. The predicted octanol–water partition coefficient (Wildman–Crippen LogP) is 10.4. The van der Waals surface area contributed by atoms with Gasteiger partial charge in [-0.15, -0.1) is 11.4 Å². The van der Waals surface area contributed by atoms with Gasteiger partial charge in [-0.25, -0.2) is 9.98 Å². The number of rotatable bonds is 8. The average Bonchev–Trinajstić information content (AvgIpc) is 3.67. The first-order valence-corrected chi connectivity index (χ1v) is 15.8. The molecule has 220 valence electrons. The van der Waals surface area contributed by atoms with Gasteiger partial charge in [0.2, 0.25) is 0 Å². The van der Waals surface area contributed by atoms with Crippen molar-refractivity contribution in [1.82, 2.24) is 0 Å². The first kappa shape index (κ1) is 31.5. The van der Waals surface area contributed by atoms with Crippen molar-refractivity contribution < 1.29 is 20.4 Å². The van der Waals surface area contributed by atoms with E-state index in [2.05, 4.69) is 79.7 Å². The van der Waals surface area contributed by atoms with Crippen LogP contribution < -0.4 is 0 Å². The van der Waals surface area contributed by atoms with E-state index in [1.54, 1.807) is 0 Å². The molecule has 0 saturated carbocycles. The van der Waals surface area contributed by atoms with E-state index in [9.17, 15) is 0 Å². The van der Waals surface area contributed by atoms with Crippen LogP contribution >= 0.6 is 0 Å². The molecule has 0 saturated heterocycles. The second-order valence-electron chi connectivity index (χ2n) is 11.1. The molecule has 0 fully saturated rings. The van der Waals surface area contributed by atoms with Crippen molar-refractivity contribution in [2.75, 3.05) is 0 Å². The molecule has 8 bridgehead atoms. The number of allylic oxidation sites excluding steroid dienone is 8. The third-order valence-corrected chi connectivity index (χ3v) is 9.17. The van der Waals surface area contributed by atoms with Crippen molar-refractivity contribution in [3.8, 4) is 0 Å². The van der Waals surface area contributed by atoms with Crippen LogP contribution in [-0.2, 0) is 20.4 Å². The zero-order valence-corrected chi connectivity index (χ0v) is 27.8. The summed E-state index contributed by atoms with van der Waals surface area (Å²) in [4.78, 5) is 10.6. The fraction of sp³-hybridized carbons (Fsp3) is 0.500. The van der Waals surface area contributed by atoms with E-state index in [-0.39, 0.29) is 32.5 Å². The van der Waals surface area contributed by atoms with Gasteiger partial charge in [-0.1, -0.05) is 114 Å². The molecule has 2 unspecified atom stereocenters. The third kappa shape index (κ3) is 5.41. The number of fused-ring (bicyclic) bond motifs is 6. The van der Waals surface area contributed by atoms with Crippen LogP contribution in [0.1, 0.15) is 107 Å². The Morgan fingerprint density at radius 3 is 1.12 bits per heavy atom. The molecular formula is C36H46N4Pd. The maximum absolute atomic E-state index is 5.34. The normalized spacial score (nSPS) is 28.7. The van der Waals surface area contributed by atoms with Crippen molar-refractivity contribution in [2.24, 2.45) is 9.98 Å². The predicted molar refractivity (Wildman–Crippen MR) is 172 cm³/mol. The molecule has 5 heteroatoms. The first-order chi connectivity index (χ1) is 19.5. The molecule has 0 aliphatic carbocycles. The van der Waals surface area contributed by atoms with E-state index >= 15 is 0 Å². The smallest absolute Gasteiger partial charge is 0.675 e. The maximum atomic E-state index is 5.34. The van der Waals surface area contributed by atoms with E-state index < -0.39 is 0 Å². The second kappa shape index (κ2) is 13.2. The number of hydrogen-bond acceptors (Lipinski definition) is 2. The first-order valence-electron chi connectivity index (χ1n) is 15.8.